The van der Waals surface area contributed by atoms with E-state index < -0.39 is 0 Å². The van der Waals surface area contributed by atoms with Crippen LogP contribution in [0.15, 0.2) is 23.6 Å². The smallest absolute Gasteiger partial charge is 0.246 e. The first-order valence-electron chi connectivity index (χ1n) is 6.57. The molecule has 4 rings (SSSR count). The van der Waals surface area contributed by atoms with Gasteiger partial charge in [-0.05, 0) is 30.4 Å². The predicted molar refractivity (Wildman–Crippen MR) is 74.5 cm³/mol. The summed E-state index contributed by atoms with van der Waals surface area (Å²) in [7, 11) is 0. The molecule has 18 heavy (non-hydrogen) atoms. The molecule has 0 unspecified atom stereocenters. The van der Waals surface area contributed by atoms with Crippen LogP contribution in [0.4, 0.5) is 0 Å². The van der Waals surface area contributed by atoms with Crippen molar-refractivity contribution in [3.05, 3.63) is 28.5 Å². The van der Waals surface area contributed by atoms with Crippen molar-refractivity contribution >= 4 is 23.3 Å². The van der Waals surface area contributed by atoms with Crippen LogP contribution in [0, 0.1) is 0 Å². The van der Waals surface area contributed by atoms with Crippen molar-refractivity contribution in [2.75, 3.05) is 26.2 Å². The van der Waals surface area contributed by atoms with Gasteiger partial charge in [-0.2, -0.15) is 0 Å². The number of nitrogens with zero attached hydrogens (tertiary/aromatic N) is 2. The van der Waals surface area contributed by atoms with Crippen LogP contribution in [0.1, 0.15) is 17.7 Å². The standard InChI is InChI=1S/C14H18N2OS/c17-14(4-3-13-2-1-11-18-13)16-10-9-15-7-5-12(16)6-8-15/h1-4,11-12H,5-10H2/b4-3+. The minimum absolute atomic E-state index is 0.178. The van der Waals surface area contributed by atoms with Crippen molar-refractivity contribution in [3.8, 4) is 0 Å². The molecule has 0 atom stereocenters. The maximum Gasteiger partial charge on any atom is 0.246 e. The maximum atomic E-state index is 12.3. The number of fused-ring (bicyclic) bond motifs is 4. The summed E-state index contributed by atoms with van der Waals surface area (Å²) < 4.78 is 0. The normalized spacial score (nSPS) is 27.7. The van der Waals surface area contributed by atoms with E-state index >= 15 is 0 Å². The van der Waals surface area contributed by atoms with Gasteiger partial charge >= 0.3 is 0 Å². The molecule has 3 saturated heterocycles. The van der Waals surface area contributed by atoms with E-state index in [-0.39, 0.29) is 5.91 Å². The van der Waals surface area contributed by atoms with E-state index in [0.29, 0.717) is 6.04 Å². The topological polar surface area (TPSA) is 23.6 Å². The molecule has 3 aliphatic rings. The molecule has 4 heterocycles. The highest BCUT2D eigenvalue weighted by atomic mass is 32.1. The second kappa shape index (κ2) is 5.24. The van der Waals surface area contributed by atoms with Gasteiger partial charge in [-0.25, -0.2) is 0 Å². The van der Waals surface area contributed by atoms with Crippen LogP contribution in [-0.4, -0.2) is 47.9 Å². The first-order valence-corrected chi connectivity index (χ1v) is 7.45. The second-order valence-corrected chi connectivity index (χ2v) is 5.93. The Labute approximate surface area is 112 Å². The molecule has 3 fully saturated rings. The average molecular weight is 262 g/mol. The first-order chi connectivity index (χ1) is 8.83. The Balaban J connectivity index is 1.68. The van der Waals surface area contributed by atoms with Gasteiger partial charge in [-0.3, -0.25) is 4.79 Å². The monoisotopic (exact) mass is 262 g/mol. The van der Waals surface area contributed by atoms with E-state index in [1.165, 1.54) is 0 Å². The number of hydrogen-bond acceptors (Lipinski definition) is 3. The zero-order valence-corrected chi connectivity index (χ0v) is 11.2. The van der Waals surface area contributed by atoms with E-state index in [4.69, 9.17) is 0 Å². The third-order valence-corrected chi connectivity index (χ3v) is 4.71. The molecule has 96 valence electrons. The molecule has 4 heteroatoms. The van der Waals surface area contributed by atoms with Gasteiger partial charge in [0.05, 0.1) is 0 Å². The minimum Gasteiger partial charge on any atom is -0.335 e. The molecule has 3 aliphatic heterocycles. The molecule has 1 aromatic heterocycles. The highest BCUT2D eigenvalue weighted by Gasteiger charge is 2.30. The summed E-state index contributed by atoms with van der Waals surface area (Å²) in [5.74, 6) is 0.178. The van der Waals surface area contributed by atoms with Crippen molar-refractivity contribution in [1.29, 1.82) is 0 Å². The Hall–Kier alpha value is -1.13. The summed E-state index contributed by atoms with van der Waals surface area (Å²) in [6.07, 6.45) is 5.95. The van der Waals surface area contributed by atoms with Crippen LogP contribution in [0.25, 0.3) is 6.08 Å². The summed E-state index contributed by atoms with van der Waals surface area (Å²) >= 11 is 1.66. The molecule has 0 N–H and O–H groups in total. The molecular formula is C14H18N2OS. The zero-order valence-electron chi connectivity index (χ0n) is 10.4. The van der Waals surface area contributed by atoms with Gasteiger partial charge in [0.15, 0.2) is 0 Å². The third-order valence-electron chi connectivity index (χ3n) is 3.87. The second-order valence-electron chi connectivity index (χ2n) is 4.95. The Morgan fingerprint density at radius 1 is 1.28 bits per heavy atom. The Bertz CT molecular complexity index is 433. The molecule has 1 amide bonds. The van der Waals surface area contributed by atoms with Crippen molar-refractivity contribution in [3.63, 3.8) is 0 Å². The van der Waals surface area contributed by atoms with E-state index in [9.17, 15) is 4.79 Å². The number of hydrogen-bond donors (Lipinski definition) is 0. The summed E-state index contributed by atoms with van der Waals surface area (Å²) in [4.78, 5) is 17.9. The first kappa shape index (κ1) is 11.9. The van der Waals surface area contributed by atoms with Crippen LogP contribution in [0.2, 0.25) is 0 Å². The fraction of sp³-hybridized carbons (Fsp3) is 0.500. The molecular weight excluding hydrogens is 244 g/mol. The number of amides is 1. The quantitative estimate of drug-likeness (QED) is 0.762. The van der Waals surface area contributed by atoms with Gasteiger partial charge < -0.3 is 9.80 Å². The van der Waals surface area contributed by atoms with Crippen LogP contribution in [0.5, 0.6) is 0 Å². The SMILES string of the molecule is O=C(/C=C/c1cccs1)N1CCN2CCC1CC2. The van der Waals surface area contributed by atoms with Crippen LogP contribution >= 0.6 is 11.3 Å². The lowest BCUT2D eigenvalue weighted by Crippen LogP contribution is -2.40. The average Bonchev–Trinajstić information content (AvgIpc) is 2.75. The Morgan fingerprint density at radius 2 is 2.11 bits per heavy atom. The van der Waals surface area contributed by atoms with Gasteiger partial charge in [0.1, 0.15) is 0 Å². The lowest BCUT2D eigenvalue weighted by Gasteiger charge is -2.30. The fourth-order valence-corrected chi connectivity index (χ4v) is 3.43. The molecule has 0 saturated carbocycles. The van der Waals surface area contributed by atoms with Gasteiger partial charge in [0, 0.05) is 43.2 Å². The highest BCUT2D eigenvalue weighted by Crippen LogP contribution is 2.21. The van der Waals surface area contributed by atoms with Gasteiger partial charge in [-0.15, -0.1) is 11.3 Å². The van der Waals surface area contributed by atoms with Crippen LogP contribution in [-0.2, 0) is 4.79 Å². The van der Waals surface area contributed by atoms with Crippen molar-refractivity contribution in [2.24, 2.45) is 0 Å². The largest absolute Gasteiger partial charge is 0.335 e. The minimum atomic E-state index is 0.178. The summed E-state index contributed by atoms with van der Waals surface area (Å²) in [5, 5.41) is 2.03. The van der Waals surface area contributed by atoms with E-state index in [0.717, 1.165) is 43.9 Å². The lowest BCUT2D eigenvalue weighted by molar-refractivity contribution is -0.127. The molecule has 0 aromatic carbocycles. The molecule has 0 spiro atoms. The number of thiophene rings is 1. The summed E-state index contributed by atoms with van der Waals surface area (Å²) in [5.41, 5.74) is 0. The van der Waals surface area contributed by atoms with Crippen molar-refractivity contribution < 1.29 is 4.79 Å². The summed E-state index contributed by atoms with van der Waals surface area (Å²) in [6, 6.07) is 4.51. The van der Waals surface area contributed by atoms with E-state index in [2.05, 4.69) is 9.80 Å². The zero-order chi connectivity index (χ0) is 12.4. The van der Waals surface area contributed by atoms with Gasteiger partial charge in [0.25, 0.3) is 0 Å². The molecule has 0 radical (unpaired) electrons. The molecule has 3 nitrogen and oxygen atoms in total. The Kier molecular flexibility index (Phi) is 3.48. The highest BCUT2D eigenvalue weighted by molar-refractivity contribution is 7.10. The van der Waals surface area contributed by atoms with Gasteiger partial charge in [0.2, 0.25) is 5.91 Å². The fourth-order valence-electron chi connectivity index (χ4n) is 2.81. The van der Waals surface area contributed by atoms with Gasteiger partial charge in [-0.1, -0.05) is 6.07 Å². The molecule has 0 aliphatic carbocycles. The number of carbonyl (C=O) groups excluding carboxylic acids is 1. The molecule has 2 bridgehead atoms. The van der Waals surface area contributed by atoms with Crippen LogP contribution < -0.4 is 0 Å². The van der Waals surface area contributed by atoms with E-state index in [1.807, 2.05) is 23.6 Å². The van der Waals surface area contributed by atoms with Crippen molar-refractivity contribution in [1.82, 2.24) is 9.80 Å². The Morgan fingerprint density at radius 3 is 2.83 bits per heavy atom. The molecule has 1 aromatic rings. The van der Waals surface area contributed by atoms with E-state index in [1.54, 1.807) is 17.4 Å². The summed E-state index contributed by atoms with van der Waals surface area (Å²) in [6.45, 7) is 4.24. The predicted octanol–water partition coefficient (Wildman–Crippen LogP) is 2.07. The maximum absolute atomic E-state index is 12.3. The third kappa shape index (κ3) is 2.49. The number of rotatable bonds is 2. The van der Waals surface area contributed by atoms with Crippen molar-refractivity contribution in [2.45, 2.75) is 18.9 Å². The lowest BCUT2D eigenvalue weighted by atomic mass is 10.1. The number of piperidine rings is 1. The van der Waals surface area contributed by atoms with Crippen LogP contribution in [0.3, 0.4) is 0 Å². The number of carbonyl (C=O) groups is 1.